The van der Waals surface area contributed by atoms with E-state index in [9.17, 15) is 19.5 Å². The molecule has 6 rings (SSSR count). The van der Waals surface area contributed by atoms with Crippen LogP contribution in [-0.2, 0) is 19.1 Å². The molecule has 0 unspecified atom stereocenters. The molecule has 7 heteroatoms. The topological polar surface area (TPSA) is 102 Å². The summed E-state index contributed by atoms with van der Waals surface area (Å²) in [4.78, 5) is 37.0. The fraction of sp³-hybridized carbons (Fsp3) is 0.464. The molecule has 184 valence electrons. The van der Waals surface area contributed by atoms with Gasteiger partial charge in [-0.25, -0.2) is 9.59 Å². The highest BCUT2D eigenvalue weighted by Crippen LogP contribution is 2.75. The minimum atomic E-state index is -1.10. The average molecular weight is 478 g/mol. The second kappa shape index (κ2) is 8.11. The molecule has 0 aliphatic heterocycles. The fourth-order valence-corrected chi connectivity index (χ4v) is 6.23. The molecule has 2 aromatic rings. The van der Waals surface area contributed by atoms with Gasteiger partial charge in [-0.3, -0.25) is 4.79 Å². The lowest BCUT2D eigenvalue weighted by atomic mass is 9.34. The molecule has 0 spiro atoms. The first-order chi connectivity index (χ1) is 16.5. The SMILES string of the molecule is CC(C)(C)OC(=O)C12CC(C[C@H](NC(=O)OCC3c4ccccc4-c4ccccc43)C(=O)O)(C1)C2. The van der Waals surface area contributed by atoms with Gasteiger partial charge < -0.3 is 19.9 Å². The summed E-state index contributed by atoms with van der Waals surface area (Å²) in [7, 11) is 0. The van der Waals surface area contributed by atoms with Crippen LogP contribution in [0.4, 0.5) is 4.79 Å². The molecule has 3 saturated carbocycles. The van der Waals surface area contributed by atoms with Crippen molar-refractivity contribution in [2.24, 2.45) is 10.8 Å². The summed E-state index contributed by atoms with van der Waals surface area (Å²) in [5.74, 6) is -1.40. The number of ether oxygens (including phenoxy) is 2. The lowest BCUT2D eigenvalue weighted by Crippen LogP contribution is -2.68. The van der Waals surface area contributed by atoms with E-state index in [2.05, 4.69) is 17.4 Å². The third kappa shape index (κ3) is 4.17. The van der Waals surface area contributed by atoms with Crippen LogP contribution in [0.3, 0.4) is 0 Å². The van der Waals surface area contributed by atoms with Gasteiger partial charge in [-0.15, -0.1) is 0 Å². The second-order valence-corrected chi connectivity index (χ2v) is 11.4. The van der Waals surface area contributed by atoms with Gasteiger partial charge >= 0.3 is 18.0 Å². The van der Waals surface area contributed by atoms with E-state index >= 15 is 0 Å². The molecule has 0 heterocycles. The van der Waals surface area contributed by atoms with Crippen molar-refractivity contribution in [1.29, 1.82) is 0 Å². The van der Waals surface area contributed by atoms with Crippen molar-refractivity contribution in [3.05, 3.63) is 59.7 Å². The van der Waals surface area contributed by atoms with Crippen LogP contribution in [0.25, 0.3) is 11.1 Å². The molecule has 3 fully saturated rings. The van der Waals surface area contributed by atoms with E-state index in [-0.39, 0.29) is 30.3 Å². The average Bonchev–Trinajstić information content (AvgIpc) is 3.05. The van der Waals surface area contributed by atoms with Crippen LogP contribution in [0.15, 0.2) is 48.5 Å². The normalized spacial score (nSPS) is 24.8. The molecule has 0 radical (unpaired) electrons. The summed E-state index contributed by atoms with van der Waals surface area (Å²) >= 11 is 0. The molecule has 4 aliphatic carbocycles. The maximum absolute atomic E-state index is 12.6. The fourth-order valence-electron chi connectivity index (χ4n) is 6.23. The van der Waals surface area contributed by atoms with E-state index in [0.29, 0.717) is 19.3 Å². The highest BCUT2D eigenvalue weighted by molar-refractivity contribution is 5.83. The van der Waals surface area contributed by atoms with Crippen LogP contribution >= 0.6 is 0 Å². The molecular weight excluding hydrogens is 446 g/mol. The van der Waals surface area contributed by atoms with Crippen LogP contribution in [-0.4, -0.2) is 41.4 Å². The number of hydrogen-bond acceptors (Lipinski definition) is 5. The molecule has 4 aliphatic rings. The Hall–Kier alpha value is -3.35. The number of hydrogen-bond donors (Lipinski definition) is 2. The third-order valence-corrected chi connectivity index (χ3v) is 7.54. The van der Waals surface area contributed by atoms with Crippen molar-refractivity contribution >= 4 is 18.0 Å². The summed E-state index contributed by atoms with van der Waals surface area (Å²) in [6.07, 6.45) is 1.34. The van der Waals surface area contributed by atoms with E-state index in [4.69, 9.17) is 9.47 Å². The van der Waals surface area contributed by atoms with E-state index < -0.39 is 29.1 Å². The summed E-state index contributed by atoms with van der Waals surface area (Å²) in [6.45, 7) is 5.64. The summed E-state index contributed by atoms with van der Waals surface area (Å²) < 4.78 is 11.1. The number of alkyl carbamates (subject to hydrolysis) is 1. The minimum Gasteiger partial charge on any atom is -0.480 e. The molecule has 1 amide bonds. The predicted molar refractivity (Wildman–Crippen MR) is 129 cm³/mol. The quantitative estimate of drug-likeness (QED) is 0.551. The Morgan fingerprint density at radius 1 is 1.00 bits per heavy atom. The summed E-state index contributed by atoms with van der Waals surface area (Å²) in [5, 5.41) is 12.3. The van der Waals surface area contributed by atoms with E-state index in [1.54, 1.807) is 0 Å². The molecule has 0 saturated heterocycles. The summed E-state index contributed by atoms with van der Waals surface area (Å²) in [5.41, 5.74) is 3.17. The van der Waals surface area contributed by atoms with E-state index in [1.165, 1.54) is 0 Å². The number of esters is 1. The van der Waals surface area contributed by atoms with Gasteiger partial charge in [-0.2, -0.15) is 0 Å². The smallest absolute Gasteiger partial charge is 0.407 e. The molecule has 2 aromatic carbocycles. The van der Waals surface area contributed by atoms with E-state index in [1.807, 2.05) is 57.2 Å². The molecule has 0 aromatic heterocycles. The number of aliphatic carboxylic acids is 1. The van der Waals surface area contributed by atoms with Crippen LogP contribution in [0.2, 0.25) is 0 Å². The number of benzene rings is 2. The molecule has 7 nitrogen and oxygen atoms in total. The van der Waals surface area contributed by atoms with Crippen molar-refractivity contribution in [3.8, 4) is 11.1 Å². The van der Waals surface area contributed by atoms with Gasteiger partial charge in [0.2, 0.25) is 0 Å². The number of carboxylic acids is 1. The van der Waals surface area contributed by atoms with Crippen LogP contribution in [0.1, 0.15) is 63.5 Å². The first-order valence-corrected chi connectivity index (χ1v) is 12.1. The van der Waals surface area contributed by atoms with Gasteiger partial charge in [0.15, 0.2) is 0 Å². The van der Waals surface area contributed by atoms with Crippen molar-refractivity contribution in [1.82, 2.24) is 5.32 Å². The van der Waals surface area contributed by atoms with Gasteiger partial charge in [0.1, 0.15) is 18.2 Å². The zero-order valence-electron chi connectivity index (χ0n) is 20.3. The predicted octanol–water partition coefficient (Wildman–Crippen LogP) is 4.88. The highest BCUT2D eigenvalue weighted by Gasteiger charge is 2.72. The second-order valence-electron chi connectivity index (χ2n) is 11.4. The monoisotopic (exact) mass is 477 g/mol. The Bertz CT molecular complexity index is 1130. The van der Waals surface area contributed by atoms with Gasteiger partial charge in [0.05, 0.1) is 5.41 Å². The largest absolute Gasteiger partial charge is 0.480 e. The maximum atomic E-state index is 12.6. The first kappa shape index (κ1) is 23.4. The van der Waals surface area contributed by atoms with Gasteiger partial charge in [-0.05, 0) is 74.1 Å². The standard InChI is InChI=1S/C28H31NO6/c1-26(2,3)35-24(32)28-14-27(15-28,16-28)12-22(23(30)31)29-25(33)34-13-21-19-10-6-4-8-17(19)18-9-5-7-11-20(18)21/h4-11,21-22H,12-16H2,1-3H3,(H,29,33)(H,30,31)/t22-,27?,28?/m0/s1. The zero-order valence-corrected chi connectivity index (χ0v) is 20.3. The first-order valence-electron chi connectivity index (χ1n) is 12.1. The Labute approximate surface area is 204 Å². The third-order valence-electron chi connectivity index (χ3n) is 7.54. The van der Waals surface area contributed by atoms with Gasteiger partial charge in [0, 0.05) is 5.92 Å². The Balaban J connectivity index is 1.17. The minimum absolute atomic E-state index is 0.0947. The van der Waals surface area contributed by atoms with Crippen molar-refractivity contribution in [2.75, 3.05) is 6.61 Å². The summed E-state index contributed by atoms with van der Waals surface area (Å²) in [6, 6.07) is 15.0. The van der Waals surface area contributed by atoms with Gasteiger partial charge in [0.25, 0.3) is 0 Å². The maximum Gasteiger partial charge on any atom is 0.407 e. The molecule has 35 heavy (non-hydrogen) atoms. The number of nitrogens with one attached hydrogen (secondary N) is 1. The highest BCUT2D eigenvalue weighted by atomic mass is 16.6. The van der Waals surface area contributed by atoms with Crippen LogP contribution in [0, 0.1) is 10.8 Å². The number of fused-ring (bicyclic) bond motifs is 3. The van der Waals surface area contributed by atoms with Crippen molar-refractivity contribution in [2.45, 2.75) is 64.0 Å². The number of carbonyl (C=O) groups excluding carboxylic acids is 2. The van der Waals surface area contributed by atoms with E-state index in [0.717, 1.165) is 22.3 Å². The number of amides is 1. The molecule has 2 bridgehead atoms. The zero-order chi connectivity index (χ0) is 25.0. The number of carbonyl (C=O) groups is 3. The van der Waals surface area contributed by atoms with Crippen LogP contribution < -0.4 is 5.32 Å². The molecule has 1 atom stereocenters. The Morgan fingerprint density at radius 3 is 2.06 bits per heavy atom. The van der Waals surface area contributed by atoms with Crippen molar-refractivity contribution < 1.29 is 29.0 Å². The Morgan fingerprint density at radius 2 is 1.54 bits per heavy atom. The number of carboxylic acid groups (broad SMARTS) is 1. The Kier molecular flexibility index (Phi) is 5.42. The van der Waals surface area contributed by atoms with Gasteiger partial charge in [-0.1, -0.05) is 48.5 Å². The molecular formula is C28H31NO6. The molecule has 2 N–H and O–H groups in total. The lowest BCUT2D eigenvalue weighted by Gasteiger charge is -2.69. The van der Waals surface area contributed by atoms with Crippen molar-refractivity contribution in [3.63, 3.8) is 0 Å². The lowest BCUT2D eigenvalue weighted by molar-refractivity contribution is -0.239. The number of rotatable bonds is 7. The van der Waals surface area contributed by atoms with Crippen LogP contribution in [0.5, 0.6) is 0 Å².